The predicted octanol–water partition coefficient (Wildman–Crippen LogP) is 3.73. The van der Waals surface area contributed by atoms with Crippen LogP contribution in [-0.4, -0.2) is 24.3 Å². The molecule has 0 aliphatic heterocycles. The van der Waals surface area contributed by atoms with Crippen LogP contribution in [0.2, 0.25) is 0 Å². The van der Waals surface area contributed by atoms with Gasteiger partial charge >= 0.3 is 5.97 Å². The average Bonchev–Trinajstić information content (AvgIpc) is 2.70. The number of hydrogen-bond acceptors (Lipinski definition) is 3. The molecule has 0 bridgehead atoms. The lowest BCUT2D eigenvalue weighted by atomic mass is 10.0. The van der Waals surface area contributed by atoms with E-state index in [4.69, 9.17) is 9.47 Å². The van der Waals surface area contributed by atoms with Crippen molar-refractivity contribution in [1.29, 1.82) is 0 Å². The van der Waals surface area contributed by atoms with Crippen molar-refractivity contribution in [3.05, 3.63) is 12.7 Å². The third-order valence-electron chi connectivity index (χ3n) is 3.42. The Morgan fingerprint density at radius 2 is 2.05 bits per heavy atom. The molecule has 0 spiro atoms. The standard InChI is InChI=1S/C16H28O3/c1-6-8-9-18-14-11-13(10-12(14)7-2)15(17)19-16(3,4)5/h7,12-14H,2,6,8-11H2,1,3-5H3/t12-,13+,14-/m1/s1. The number of carbonyl (C=O) groups is 1. The Balaban J connectivity index is 2.51. The van der Waals surface area contributed by atoms with Crippen molar-refractivity contribution in [3.8, 4) is 0 Å². The second-order valence-electron chi connectivity index (χ2n) is 6.36. The smallest absolute Gasteiger partial charge is 0.309 e. The van der Waals surface area contributed by atoms with Gasteiger partial charge in [0.2, 0.25) is 0 Å². The maximum Gasteiger partial charge on any atom is 0.309 e. The van der Waals surface area contributed by atoms with Crippen LogP contribution in [0.25, 0.3) is 0 Å². The molecule has 110 valence electrons. The van der Waals surface area contributed by atoms with Crippen LogP contribution >= 0.6 is 0 Å². The molecule has 1 fully saturated rings. The van der Waals surface area contributed by atoms with E-state index in [9.17, 15) is 4.79 Å². The quantitative estimate of drug-likeness (QED) is 0.418. The van der Waals surface area contributed by atoms with Gasteiger partial charge in [0.15, 0.2) is 0 Å². The Morgan fingerprint density at radius 3 is 2.58 bits per heavy atom. The third-order valence-corrected chi connectivity index (χ3v) is 3.42. The van der Waals surface area contributed by atoms with E-state index in [0.717, 1.165) is 32.3 Å². The van der Waals surface area contributed by atoms with Crippen molar-refractivity contribution in [2.75, 3.05) is 6.61 Å². The number of rotatable bonds is 6. The first-order valence-electron chi connectivity index (χ1n) is 7.34. The van der Waals surface area contributed by atoms with Gasteiger partial charge in [0.05, 0.1) is 12.0 Å². The van der Waals surface area contributed by atoms with Crippen molar-refractivity contribution < 1.29 is 14.3 Å². The average molecular weight is 268 g/mol. The van der Waals surface area contributed by atoms with E-state index in [1.54, 1.807) is 0 Å². The first-order chi connectivity index (χ1) is 8.87. The van der Waals surface area contributed by atoms with E-state index >= 15 is 0 Å². The first-order valence-corrected chi connectivity index (χ1v) is 7.34. The molecule has 1 aliphatic carbocycles. The summed E-state index contributed by atoms with van der Waals surface area (Å²) in [5.74, 6) is 0.129. The summed E-state index contributed by atoms with van der Waals surface area (Å²) in [5, 5.41) is 0. The van der Waals surface area contributed by atoms with Crippen LogP contribution < -0.4 is 0 Å². The highest BCUT2D eigenvalue weighted by Crippen LogP contribution is 2.35. The van der Waals surface area contributed by atoms with Gasteiger partial charge in [-0.1, -0.05) is 19.4 Å². The van der Waals surface area contributed by atoms with Gasteiger partial charge in [0.25, 0.3) is 0 Å². The Kier molecular flexibility index (Phi) is 6.05. The van der Waals surface area contributed by atoms with E-state index in [2.05, 4.69) is 13.5 Å². The largest absolute Gasteiger partial charge is 0.460 e. The van der Waals surface area contributed by atoms with Gasteiger partial charge in [0, 0.05) is 12.5 Å². The third kappa shape index (κ3) is 5.35. The van der Waals surface area contributed by atoms with Gasteiger partial charge in [0.1, 0.15) is 5.60 Å². The van der Waals surface area contributed by atoms with Crippen LogP contribution in [0.15, 0.2) is 12.7 Å². The zero-order valence-corrected chi connectivity index (χ0v) is 12.8. The molecule has 0 aromatic carbocycles. The molecular weight excluding hydrogens is 240 g/mol. The van der Waals surface area contributed by atoms with Crippen LogP contribution in [0.4, 0.5) is 0 Å². The van der Waals surface area contributed by atoms with Crippen molar-refractivity contribution in [3.63, 3.8) is 0 Å². The minimum absolute atomic E-state index is 0.0474. The molecule has 1 saturated carbocycles. The molecule has 0 aromatic heterocycles. The van der Waals surface area contributed by atoms with Crippen LogP contribution in [0.5, 0.6) is 0 Å². The number of hydrogen-bond donors (Lipinski definition) is 0. The van der Waals surface area contributed by atoms with Crippen LogP contribution in [0.3, 0.4) is 0 Å². The second kappa shape index (κ2) is 7.09. The Bertz CT molecular complexity index is 304. The molecular formula is C16H28O3. The van der Waals surface area contributed by atoms with Gasteiger partial charge in [-0.3, -0.25) is 4.79 Å². The summed E-state index contributed by atoms with van der Waals surface area (Å²) >= 11 is 0. The molecule has 3 atom stereocenters. The van der Waals surface area contributed by atoms with Gasteiger partial charge in [-0.2, -0.15) is 0 Å². The number of carbonyl (C=O) groups excluding carboxylic acids is 1. The number of ether oxygens (including phenoxy) is 2. The summed E-state index contributed by atoms with van der Waals surface area (Å²) in [6.45, 7) is 12.5. The first kappa shape index (κ1) is 16.2. The molecule has 0 N–H and O–H groups in total. The molecule has 0 unspecified atom stereocenters. The monoisotopic (exact) mass is 268 g/mol. The topological polar surface area (TPSA) is 35.5 Å². The summed E-state index contributed by atoms with van der Waals surface area (Å²) in [6.07, 6.45) is 5.80. The van der Waals surface area contributed by atoms with Gasteiger partial charge < -0.3 is 9.47 Å². The van der Waals surface area contributed by atoms with Gasteiger partial charge in [-0.15, -0.1) is 6.58 Å². The molecule has 3 heteroatoms. The second-order valence-corrected chi connectivity index (χ2v) is 6.36. The lowest BCUT2D eigenvalue weighted by Gasteiger charge is -2.22. The Morgan fingerprint density at radius 1 is 1.37 bits per heavy atom. The minimum Gasteiger partial charge on any atom is -0.460 e. The van der Waals surface area contributed by atoms with Crippen LogP contribution in [0.1, 0.15) is 53.4 Å². The summed E-state index contributed by atoms with van der Waals surface area (Å²) in [5.41, 5.74) is -0.415. The van der Waals surface area contributed by atoms with E-state index in [1.165, 1.54) is 0 Å². The highest BCUT2D eigenvalue weighted by Gasteiger charge is 2.38. The highest BCUT2D eigenvalue weighted by atomic mass is 16.6. The maximum atomic E-state index is 12.1. The summed E-state index contributed by atoms with van der Waals surface area (Å²) in [4.78, 5) is 12.1. The molecule has 19 heavy (non-hydrogen) atoms. The SMILES string of the molecule is C=C[C@@H]1C[C@H](C(=O)OC(C)(C)C)C[C@H]1OCCCC. The fraction of sp³-hybridized carbons (Fsp3) is 0.812. The molecule has 1 aliphatic rings. The predicted molar refractivity (Wildman–Crippen MR) is 76.9 cm³/mol. The lowest BCUT2D eigenvalue weighted by Crippen LogP contribution is -2.28. The summed E-state index contributed by atoms with van der Waals surface area (Å²) < 4.78 is 11.3. The molecule has 0 saturated heterocycles. The number of unbranched alkanes of at least 4 members (excludes halogenated alkanes) is 1. The molecule has 0 radical (unpaired) electrons. The molecule has 0 heterocycles. The van der Waals surface area contributed by atoms with E-state index in [1.807, 2.05) is 26.8 Å². The number of esters is 1. The zero-order chi connectivity index (χ0) is 14.5. The highest BCUT2D eigenvalue weighted by molar-refractivity contribution is 5.73. The van der Waals surface area contributed by atoms with Gasteiger partial charge in [-0.05, 0) is 40.0 Å². The Labute approximate surface area is 117 Å². The summed E-state index contributed by atoms with van der Waals surface area (Å²) in [7, 11) is 0. The van der Waals surface area contributed by atoms with Crippen LogP contribution in [0, 0.1) is 11.8 Å². The maximum absolute atomic E-state index is 12.1. The minimum atomic E-state index is -0.415. The fourth-order valence-corrected chi connectivity index (χ4v) is 2.43. The zero-order valence-electron chi connectivity index (χ0n) is 12.8. The lowest BCUT2D eigenvalue weighted by molar-refractivity contribution is -0.160. The molecule has 0 amide bonds. The molecule has 0 aromatic rings. The van der Waals surface area contributed by atoms with Crippen molar-refractivity contribution in [1.82, 2.24) is 0 Å². The van der Waals surface area contributed by atoms with E-state index in [0.29, 0.717) is 0 Å². The van der Waals surface area contributed by atoms with Gasteiger partial charge in [-0.25, -0.2) is 0 Å². The van der Waals surface area contributed by atoms with Crippen molar-refractivity contribution in [2.24, 2.45) is 11.8 Å². The van der Waals surface area contributed by atoms with Crippen molar-refractivity contribution in [2.45, 2.75) is 65.1 Å². The summed E-state index contributed by atoms with van der Waals surface area (Å²) in [6, 6.07) is 0. The van der Waals surface area contributed by atoms with E-state index in [-0.39, 0.29) is 23.9 Å². The molecule has 1 rings (SSSR count). The van der Waals surface area contributed by atoms with Crippen molar-refractivity contribution >= 4 is 5.97 Å². The normalized spacial score (nSPS) is 27.3. The Hall–Kier alpha value is -0.830. The molecule has 3 nitrogen and oxygen atoms in total. The fourth-order valence-electron chi connectivity index (χ4n) is 2.43. The van der Waals surface area contributed by atoms with E-state index < -0.39 is 5.60 Å². The van der Waals surface area contributed by atoms with Crippen LogP contribution in [-0.2, 0) is 14.3 Å².